The van der Waals surface area contributed by atoms with Crippen LogP contribution in [-0.2, 0) is 9.53 Å². The van der Waals surface area contributed by atoms with E-state index in [2.05, 4.69) is 15.2 Å². The molecule has 0 bridgehead atoms. The van der Waals surface area contributed by atoms with Gasteiger partial charge in [-0.3, -0.25) is 14.7 Å². The standard InChI is InChI=1S/C20H20Cl2N4O2/c1-25-18(27)11-16(13-5-7-23-8-6-13)24-20(25)26-9-10-28-17(12-26)19-14(21)3-2-4-15(19)22/h2-8,11,17,20,24H,9-10,12H2,1H3/t17?,20-/m0/s1. The molecule has 146 valence electrons. The Morgan fingerprint density at radius 3 is 2.61 bits per heavy atom. The molecule has 1 saturated heterocycles. The van der Waals surface area contributed by atoms with Gasteiger partial charge in [-0.05, 0) is 24.3 Å². The highest BCUT2D eigenvalue weighted by Crippen LogP contribution is 2.35. The van der Waals surface area contributed by atoms with Crippen LogP contribution in [0.1, 0.15) is 17.2 Å². The average molecular weight is 419 g/mol. The smallest absolute Gasteiger partial charge is 0.251 e. The zero-order valence-corrected chi connectivity index (χ0v) is 16.8. The predicted octanol–water partition coefficient (Wildman–Crippen LogP) is 3.15. The third-order valence-corrected chi connectivity index (χ3v) is 5.68. The van der Waals surface area contributed by atoms with E-state index in [0.29, 0.717) is 29.7 Å². The topological polar surface area (TPSA) is 57.7 Å². The molecule has 2 aliphatic heterocycles. The van der Waals surface area contributed by atoms with Crippen LogP contribution < -0.4 is 5.32 Å². The number of nitrogens with zero attached hydrogens (tertiary/aromatic N) is 3. The summed E-state index contributed by atoms with van der Waals surface area (Å²) in [5.74, 6) is -0.0608. The molecule has 1 N–H and O–H groups in total. The Kier molecular flexibility index (Phi) is 5.55. The molecule has 1 aromatic heterocycles. The average Bonchev–Trinajstić information content (AvgIpc) is 2.71. The van der Waals surface area contributed by atoms with Gasteiger partial charge in [-0.15, -0.1) is 0 Å². The van der Waals surface area contributed by atoms with E-state index in [1.54, 1.807) is 30.4 Å². The summed E-state index contributed by atoms with van der Waals surface area (Å²) in [6.45, 7) is 1.75. The molecule has 1 unspecified atom stereocenters. The van der Waals surface area contributed by atoms with Crippen molar-refractivity contribution in [1.29, 1.82) is 0 Å². The Labute approximate surface area is 173 Å². The Hall–Kier alpha value is -2.12. The van der Waals surface area contributed by atoms with Crippen LogP contribution in [0.3, 0.4) is 0 Å². The summed E-state index contributed by atoms with van der Waals surface area (Å²) >= 11 is 12.7. The fourth-order valence-electron chi connectivity index (χ4n) is 3.54. The number of morpholine rings is 1. The summed E-state index contributed by atoms with van der Waals surface area (Å²) in [7, 11) is 1.78. The minimum atomic E-state index is -0.298. The van der Waals surface area contributed by atoms with E-state index < -0.39 is 0 Å². The molecule has 6 nitrogen and oxygen atoms in total. The Morgan fingerprint density at radius 2 is 1.89 bits per heavy atom. The molecule has 2 aliphatic rings. The maximum atomic E-state index is 12.6. The summed E-state index contributed by atoms with van der Waals surface area (Å²) in [5.41, 5.74) is 2.47. The van der Waals surface area contributed by atoms with Crippen LogP contribution in [0.5, 0.6) is 0 Å². The number of carbonyl (C=O) groups excluding carboxylic acids is 1. The normalized spacial score (nSPS) is 23.3. The number of rotatable bonds is 3. The van der Waals surface area contributed by atoms with E-state index in [1.807, 2.05) is 30.3 Å². The van der Waals surface area contributed by atoms with Crippen molar-refractivity contribution >= 4 is 34.8 Å². The van der Waals surface area contributed by atoms with Crippen molar-refractivity contribution in [3.63, 3.8) is 0 Å². The largest absolute Gasteiger partial charge is 0.371 e. The van der Waals surface area contributed by atoms with E-state index in [1.165, 1.54) is 0 Å². The highest BCUT2D eigenvalue weighted by Gasteiger charge is 2.35. The van der Waals surface area contributed by atoms with Gasteiger partial charge < -0.3 is 15.0 Å². The van der Waals surface area contributed by atoms with E-state index in [4.69, 9.17) is 27.9 Å². The molecule has 4 rings (SSSR count). The van der Waals surface area contributed by atoms with Crippen molar-refractivity contribution in [1.82, 2.24) is 20.1 Å². The number of likely N-dealkylation sites (N-methyl/N-ethyl adjacent to an activating group) is 1. The van der Waals surface area contributed by atoms with Crippen LogP contribution in [0.2, 0.25) is 10.0 Å². The van der Waals surface area contributed by atoms with Crippen molar-refractivity contribution in [2.75, 3.05) is 26.7 Å². The van der Waals surface area contributed by atoms with Gasteiger partial charge in [-0.1, -0.05) is 29.3 Å². The quantitative estimate of drug-likeness (QED) is 0.829. The number of hydrogen-bond donors (Lipinski definition) is 1. The second-order valence-electron chi connectivity index (χ2n) is 6.75. The maximum Gasteiger partial charge on any atom is 0.251 e. The molecule has 2 aromatic rings. The molecular formula is C20H20Cl2N4O2. The van der Waals surface area contributed by atoms with Crippen LogP contribution in [0.15, 0.2) is 48.8 Å². The fraction of sp³-hybridized carbons (Fsp3) is 0.300. The molecular weight excluding hydrogens is 399 g/mol. The summed E-state index contributed by atoms with van der Waals surface area (Å²) in [6.07, 6.45) is 4.46. The minimum absolute atomic E-state index is 0.0608. The zero-order valence-electron chi connectivity index (χ0n) is 15.3. The van der Waals surface area contributed by atoms with Crippen LogP contribution >= 0.6 is 23.2 Å². The lowest BCUT2D eigenvalue weighted by Crippen LogP contribution is -2.61. The number of nitrogens with one attached hydrogen (secondary N) is 1. The molecule has 0 radical (unpaired) electrons. The van der Waals surface area contributed by atoms with Gasteiger partial charge in [0, 0.05) is 65.5 Å². The molecule has 0 aliphatic carbocycles. The predicted molar refractivity (Wildman–Crippen MR) is 109 cm³/mol. The van der Waals surface area contributed by atoms with Crippen LogP contribution in [0.4, 0.5) is 0 Å². The van der Waals surface area contributed by atoms with Crippen LogP contribution in [0, 0.1) is 0 Å². The van der Waals surface area contributed by atoms with Gasteiger partial charge in [-0.2, -0.15) is 0 Å². The number of ether oxygens (including phenoxy) is 1. The number of amides is 1. The fourth-order valence-corrected chi connectivity index (χ4v) is 4.18. The second kappa shape index (κ2) is 8.09. The molecule has 3 heterocycles. The van der Waals surface area contributed by atoms with E-state index in [0.717, 1.165) is 16.8 Å². The highest BCUT2D eigenvalue weighted by molar-refractivity contribution is 6.36. The molecule has 28 heavy (non-hydrogen) atoms. The van der Waals surface area contributed by atoms with Crippen molar-refractivity contribution in [2.24, 2.45) is 0 Å². The van der Waals surface area contributed by atoms with Gasteiger partial charge in [0.25, 0.3) is 5.91 Å². The van der Waals surface area contributed by atoms with Crippen molar-refractivity contribution < 1.29 is 9.53 Å². The van der Waals surface area contributed by atoms with Crippen LogP contribution in [0.25, 0.3) is 5.70 Å². The van der Waals surface area contributed by atoms with Gasteiger partial charge in [-0.25, -0.2) is 0 Å². The summed E-state index contributed by atoms with van der Waals surface area (Å²) < 4.78 is 5.96. The van der Waals surface area contributed by atoms with E-state index in [-0.39, 0.29) is 18.3 Å². The Bertz CT molecular complexity index is 886. The van der Waals surface area contributed by atoms with Crippen molar-refractivity contribution in [3.05, 3.63) is 70.0 Å². The number of hydrogen-bond acceptors (Lipinski definition) is 5. The number of aromatic nitrogens is 1. The first-order valence-corrected chi connectivity index (χ1v) is 9.75. The molecule has 1 aromatic carbocycles. The summed E-state index contributed by atoms with van der Waals surface area (Å²) in [6, 6.07) is 9.18. The van der Waals surface area contributed by atoms with Crippen molar-refractivity contribution in [3.8, 4) is 0 Å². The van der Waals surface area contributed by atoms with Crippen LogP contribution in [-0.4, -0.2) is 53.7 Å². The van der Waals surface area contributed by atoms with Gasteiger partial charge in [0.15, 0.2) is 6.29 Å². The molecule has 2 atom stereocenters. The molecule has 8 heteroatoms. The molecule has 0 spiro atoms. The summed E-state index contributed by atoms with van der Waals surface area (Å²) in [4.78, 5) is 20.5. The number of halogens is 2. The lowest BCUT2D eigenvalue weighted by molar-refractivity contribution is -0.137. The zero-order chi connectivity index (χ0) is 19.7. The van der Waals surface area contributed by atoms with Gasteiger partial charge in [0.05, 0.1) is 12.7 Å². The third-order valence-electron chi connectivity index (χ3n) is 5.02. The monoisotopic (exact) mass is 418 g/mol. The van der Waals surface area contributed by atoms with Crippen molar-refractivity contribution in [2.45, 2.75) is 12.4 Å². The number of pyridine rings is 1. The second-order valence-corrected chi connectivity index (χ2v) is 7.57. The lowest BCUT2D eigenvalue weighted by atomic mass is 10.1. The summed E-state index contributed by atoms with van der Waals surface area (Å²) in [5, 5.41) is 4.63. The molecule has 1 amide bonds. The SMILES string of the molecule is CN1C(=O)C=C(c2ccncc2)N[C@@H]1N1CCOC(c2c(Cl)cccc2Cl)C1. The molecule has 1 fully saturated rings. The number of carbonyl (C=O) groups is 1. The Morgan fingerprint density at radius 1 is 1.18 bits per heavy atom. The van der Waals surface area contributed by atoms with Gasteiger partial charge in [0.1, 0.15) is 0 Å². The van der Waals surface area contributed by atoms with Gasteiger partial charge >= 0.3 is 0 Å². The van der Waals surface area contributed by atoms with E-state index >= 15 is 0 Å². The lowest BCUT2D eigenvalue weighted by Gasteiger charge is -2.44. The Balaban J connectivity index is 1.58. The first-order valence-electron chi connectivity index (χ1n) is 8.99. The van der Waals surface area contributed by atoms with E-state index in [9.17, 15) is 4.79 Å². The molecule has 0 saturated carbocycles. The van der Waals surface area contributed by atoms with Gasteiger partial charge in [0.2, 0.25) is 0 Å². The number of benzene rings is 1. The maximum absolute atomic E-state index is 12.6. The highest BCUT2D eigenvalue weighted by atomic mass is 35.5. The first-order chi connectivity index (χ1) is 13.5. The first kappa shape index (κ1) is 19.2. The third kappa shape index (κ3) is 3.73. The minimum Gasteiger partial charge on any atom is -0.371 e.